The Labute approximate surface area is 318 Å². The van der Waals surface area contributed by atoms with Gasteiger partial charge in [0, 0.05) is 22.8 Å². The standard InChI is InChI=1S/C54H34O/c1-3-14-38-33(12-1)26-29-37-32-47(41-16-5-6-17-42(41)51(37)38)52-45-20-9-7-18-43(45)50(44-19-8-10-21-46(44)52)36-27-24-35(25-28-36)40-22-11-23-48-53(40)54-39-15-4-2-13-34(39)30-31-49(54)55-48/h1-32,34,39H. The molecule has 0 fully saturated rings. The van der Waals surface area contributed by atoms with Crippen molar-refractivity contribution < 1.29 is 4.42 Å². The van der Waals surface area contributed by atoms with Gasteiger partial charge < -0.3 is 4.42 Å². The molecule has 9 aromatic carbocycles. The van der Waals surface area contributed by atoms with E-state index in [9.17, 15) is 0 Å². The van der Waals surface area contributed by atoms with Gasteiger partial charge in [-0.2, -0.15) is 0 Å². The van der Waals surface area contributed by atoms with Crippen LogP contribution in [-0.4, -0.2) is 0 Å². The number of benzene rings is 9. The fourth-order valence-electron chi connectivity index (χ4n) is 9.81. The van der Waals surface area contributed by atoms with Crippen molar-refractivity contribution in [2.24, 2.45) is 5.92 Å². The second-order valence-corrected chi connectivity index (χ2v) is 15.1. The van der Waals surface area contributed by atoms with Crippen molar-refractivity contribution in [1.82, 2.24) is 0 Å². The first-order valence-electron chi connectivity index (χ1n) is 19.3. The third-order valence-electron chi connectivity index (χ3n) is 12.2. The molecule has 55 heavy (non-hydrogen) atoms. The lowest BCUT2D eigenvalue weighted by Gasteiger charge is -2.25. The highest BCUT2D eigenvalue weighted by Gasteiger charge is 2.30. The minimum absolute atomic E-state index is 0.280. The zero-order valence-corrected chi connectivity index (χ0v) is 30.0. The Morgan fingerprint density at radius 2 is 1.02 bits per heavy atom. The van der Waals surface area contributed by atoms with Crippen molar-refractivity contribution in [2.45, 2.75) is 5.92 Å². The van der Waals surface area contributed by atoms with Crippen LogP contribution in [0.25, 0.3) is 104 Å². The van der Waals surface area contributed by atoms with Crippen LogP contribution in [0.3, 0.4) is 0 Å². The zero-order chi connectivity index (χ0) is 36.0. The molecule has 0 saturated carbocycles. The molecule has 0 amide bonds. The van der Waals surface area contributed by atoms with Gasteiger partial charge in [-0.15, -0.1) is 0 Å². The molecule has 12 rings (SSSR count). The van der Waals surface area contributed by atoms with E-state index in [0.29, 0.717) is 5.92 Å². The van der Waals surface area contributed by atoms with Crippen LogP contribution in [0, 0.1) is 5.92 Å². The van der Waals surface area contributed by atoms with E-state index in [4.69, 9.17) is 4.42 Å². The van der Waals surface area contributed by atoms with Gasteiger partial charge in [0.2, 0.25) is 0 Å². The fraction of sp³-hybridized carbons (Fsp3) is 0.0370. The Balaban J connectivity index is 1.07. The zero-order valence-electron chi connectivity index (χ0n) is 30.0. The molecule has 256 valence electrons. The van der Waals surface area contributed by atoms with E-state index in [1.165, 1.54) is 98.2 Å². The van der Waals surface area contributed by atoms with Crippen molar-refractivity contribution in [3.05, 3.63) is 199 Å². The normalized spacial score (nSPS) is 16.1. The number of fused-ring (bicyclic) bond motifs is 12. The number of rotatable bonds is 3. The molecule has 0 radical (unpaired) electrons. The van der Waals surface area contributed by atoms with E-state index >= 15 is 0 Å². The lowest BCUT2D eigenvalue weighted by molar-refractivity contribution is 0.578. The fourth-order valence-corrected chi connectivity index (χ4v) is 9.81. The SMILES string of the molecule is C1=CC2C=Cc3oc4cccc(-c5ccc(-c6c7ccccc7c(-c7cc8ccc9ccccc9c8c8ccccc78)c7ccccc67)cc5)c4c3C2C=C1. The van der Waals surface area contributed by atoms with E-state index < -0.39 is 0 Å². The third kappa shape index (κ3) is 4.47. The molecule has 0 spiro atoms. The highest BCUT2D eigenvalue weighted by Crippen LogP contribution is 2.49. The monoisotopic (exact) mass is 698 g/mol. The van der Waals surface area contributed by atoms with Gasteiger partial charge >= 0.3 is 0 Å². The van der Waals surface area contributed by atoms with Crippen LogP contribution in [0.2, 0.25) is 0 Å². The summed E-state index contributed by atoms with van der Waals surface area (Å²) in [7, 11) is 0. The molecule has 0 aliphatic heterocycles. The van der Waals surface area contributed by atoms with E-state index in [2.05, 4.69) is 194 Å². The number of allylic oxidation sites excluding steroid dienone is 5. The van der Waals surface area contributed by atoms with Crippen molar-refractivity contribution in [3.63, 3.8) is 0 Å². The summed E-state index contributed by atoms with van der Waals surface area (Å²) in [6, 6.07) is 58.4. The Kier molecular flexibility index (Phi) is 6.53. The summed E-state index contributed by atoms with van der Waals surface area (Å²) in [5.41, 5.74) is 9.68. The number of hydrogen-bond donors (Lipinski definition) is 0. The summed E-state index contributed by atoms with van der Waals surface area (Å²) in [6.45, 7) is 0. The minimum atomic E-state index is 0.280. The van der Waals surface area contributed by atoms with Gasteiger partial charge in [-0.1, -0.05) is 176 Å². The summed E-state index contributed by atoms with van der Waals surface area (Å²) in [6.07, 6.45) is 13.4. The Morgan fingerprint density at radius 3 is 1.78 bits per heavy atom. The number of furan rings is 1. The van der Waals surface area contributed by atoms with Gasteiger partial charge in [0.1, 0.15) is 11.3 Å². The van der Waals surface area contributed by atoms with Gasteiger partial charge in [-0.3, -0.25) is 0 Å². The van der Waals surface area contributed by atoms with E-state index in [1.54, 1.807) is 0 Å². The molecule has 1 aromatic heterocycles. The maximum absolute atomic E-state index is 6.46. The van der Waals surface area contributed by atoms with Gasteiger partial charge in [-0.05, 0) is 105 Å². The van der Waals surface area contributed by atoms with Crippen LogP contribution in [0.4, 0.5) is 0 Å². The summed E-state index contributed by atoms with van der Waals surface area (Å²) < 4.78 is 6.46. The second-order valence-electron chi connectivity index (χ2n) is 15.1. The first-order chi connectivity index (χ1) is 27.3. The van der Waals surface area contributed by atoms with E-state index in [0.717, 1.165) is 11.3 Å². The molecule has 2 aliphatic carbocycles. The van der Waals surface area contributed by atoms with Crippen molar-refractivity contribution in [3.8, 4) is 33.4 Å². The third-order valence-corrected chi connectivity index (χ3v) is 12.2. The molecule has 1 heterocycles. The quantitative estimate of drug-likeness (QED) is 0.132. The van der Waals surface area contributed by atoms with Gasteiger partial charge in [0.15, 0.2) is 0 Å². The maximum atomic E-state index is 6.46. The highest BCUT2D eigenvalue weighted by molar-refractivity contribution is 6.28. The topological polar surface area (TPSA) is 13.1 Å². The molecule has 2 unspecified atom stereocenters. The summed E-state index contributed by atoms with van der Waals surface area (Å²) >= 11 is 0. The van der Waals surface area contributed by atoms with Crippen molar-refractivity contribution >= 4 is 70.9 Å². The summed E-state index contributed by atoms with van der Waals surface area (Å²) in [5, 5.41) is 14.0. The molecule has 2 aliphatic rings. The minimum Gasteiger partial charge on any atom is -0.456 e. The molecule has 1 heteroatoms. The van der Waals surface area contributed by atoms with Crippen LogP contribution < -0.4 is 0 Å². The molecule has 10 aromatic rings. The Hall–Kier alpha value is -6.96. The predicted molar refractivity (Wildman–Crippen MR) is 234 cm³/mol. The highest BCUT2D eigenvalue weighted by atomic mass is 16.3. The molecular formula is C54H34O. The van der Waals surface area contributed by atoms with Gasteiger partial charge in [0.25, 0.3) is 0 Å². The van der Waals surface area contributed by atoms with Crippen LogP contribution in [-0.2, 0) is 0 Å². The maximum Gasteiger partial charge on any atom is 0.135 e. The lowest BCUT2D eigenvalue weighted by atomic mass is 9.77. The van der Waals surface area contributed by atoms with Crippen molar-refractivity contribution in [2.75, 3.05) is 0 Å². The lowest BCUT2D eigenvalue weighted by Crippen LogP contribution is -2.12. The molecule has 0 N–H and O–H groups in total. The average Bonchev–Trinajstić information content (AvgIpc) is 3.65. The largest absolute Gasteiger partial charge is 0.456 e. The first kappa shape index (κ1) is 30.5. The van der Waals surface area contributed by atoms with Crippen molar-refractivity contribution in [1.29, 1.82) is 0 Å². The predicted octanol–water partition coefficient (Wildman–Crippen LogP) is 15.1. The molecule has 0 bridgehead atoms. The molecular weight excluding hydrogens is 665 g/mol. The van der Waals surface area contributed by atoms with E-state index in [-0.39, 0.29) is 5.92 Å². The number of hydrogen-bond acceptors (Lipinski definition) is 1. The average molecular weight is 699 g/mol. The first-order valence-corrected chi connectivity index (χ1v) is 19.3. The molecule has 0 saturated heterocycles. The molecule has 1 nitrogen and oxygen atoms in total. The smallest absolute Gasteiger partial charge is 0.135 e. The van der Waals surface area contributed by atoms with E-state index in [1.807, 2.05) is 0 Å². The van der Waals surface area contributed by atoms with Gasteiger partial charge in [0.05, 0.1) is 0 Å². The van der Waals surface area contributed by atoms with Crippen LogP contribution in [0.15, 0.2) is 193 Å². The summed E-state index contributed by atoms with van der Waals surface area (Å²) in [4.78, 5) is 0. The Bertz CT molecular complexity index is 3260. The second kappa shape index (κ2) is 11.8. The van der Waals surface area contributed by atoms with Crippen LogP contribution >= 0.6 is 0 Å². The van der Waals surface area contributed by atoms with Crippen LogP contribution in [0.5, 0.6) is 0 Å². The van der Waals surface area contributed by atoms with Crippen LogP contribution in [0.1, 0.15) is 17.2 Å². The Morgan fingerprint density at radius 1 is 0.400 bits per heavy atom. The summed E-state index contributed by atoms with van der Waals surface area (Å²) in [5.74, 6) is 1.61. The van der Waals surface area contributed by atoms with Gasteiger partial charge in [-0.25, -0.2) is 0 Å². The molecule has 2 atom stereocenters.